The maximum atomic E-state index is 11.4. The van der Waals surface area contributed by atoms with Crippen molar-refractivity contribution < 1.29 is 18.7 Å². The van der Waals surface area contributed by atoms with Crippen LogP contribution in [0.4, 0.5) is 0 Å². The smallest absolute Gasteiger partial charge is 0.330 e. The Kier molecular flexibility index (Phi) is 6.67. The van der Waals surface area contributed by atoms with Gasteiger partial charge in [-0.3, -0.25) is 4.57 Å². The summed E-state index contributed by atoms with van der Waals surface area (Å²) in [6.45, 7) is 0.185. The van der Waals surface area contributed by atoms with Gasteiger partial charge in [-0.25, -0.2) is 0 Å². The lowest BCUT2D eigenvalue weighted by atomic mass is 10.3. The molecule has 0 rings (SSSR count). The van der Waals surface area contributed by atoms with Crippen molar-refractivity contribution in [3.05, 3.63) is 0 Å². The van der Waals surface area contributed by atoms with Crippen LogP contribution in [0.2, 0.25) is 0 Å². The molecule has 0 spiro atoms. The Morgan fingerprint density at radius 3 is 2.17 bits per heavy atom. The van der Waals surface area contributed by atoms with E-state index in [1.807, 2.05) is 0 Å². The van der Waals surface area contributed by atoms with Gasteiger partial charge in [0, 0.05) is 20.8 Å². The third kappa shape index (κ3) is 4.88. The number of hydrogen-bond acceptors (Lipinski definition) is 4. The minimum Gasteiger partial charge on any atom is -0.396 e. The van der Waals surface area contributed by atoms with Crippen molar-refractivity contribution in [2.75, 3.05) is 27.0 Å². The quantitative estimate of drug-likeness (QED) is 0.496. The summed E-state index contributed by atoms with van der Waals surface area (Å²) >= 11 is 0. The molecule has 0 bridgehead atoms. The highest BCUT2D eigenvalue weighted by molar-refractivity contribution is 7.53. The molecule has 0 aromatic carbocycles. The van der Waals surface area contributed by atoms with Crippen molar-refractivity contribution in [1.82, 2.24) is 0 Å². The van der Waals surface area contributed by atoms with Crippen LogP contribution in [0.1, 0.15) is 19.3 Å². The maximum absolute atomic E-state index is 11.4. The Morgan fingerprint density at radius 2 is 1.75 bits per heavy atom. The number of rotatable bonds is 7. The molecular formula is C7H17O4P. The summed E-state index contributed by atoms with van der Waals surface area (Å²) in [6.07, 6.45) is 2.79. The van der Waals surface area contributed by atoms with Crippen LogP contribution in [-0.4, -0.2) is 32.1 Å². The molecular weight excluding hydrogens is 179 g/mol. The molecule has 0 fully saturated rings. The van der Waals surface area contributed by atoms with E-state index in [1.54, 1.807) is 0 Å². The second-order valence-corrected chi connectivity index (χ2v) is 4.88. The van der Waals surface area contributed by atoms with Crippen molar-refractivity contribution in [3.63, 3.8) is 0 Å². The average Bonchev–Trinajstić information content (AvgIpc) is 2.12. The number of hydrogen-bond donors (Lipinski definition) is 1. The molecule has 74 valence electrons. The predicted molar refractivity (Wildman–Crippen MR) is 47.4 cm³/mol. The Hall–Kier alpha value is 0.110. The van der Waals surface area contributed by atoms with Gasteiger partial charge in [0.05, 0.1) is 6.16 Å². The van der Waals surface area contributed by atoms with Gasteiger partial charge in [0.2, 0.25) is 0 Å². The van der Waals surface area contributed by atoms with Gasteiger partial charge in [0.1, 0.15) is 0 Å². The Balaban J connectivity index is 3.52. The summed E-state index contributed by atoms with van der Waals surface area (Å²) in [5, 5.41) is 8.48. The second kappa shape index (κ2) is 6.61. The molecule has 0 aliphatic carbocycles. The zero-order valence-electron chi connectivity index (χ0n) is 7.65. The Morgan fingerprint density at radius 1 is 1.17 bits per heavy atom. The summed E-state index contributed by atoms with van der Waals surface area (Å²) < 4.78 is 20.9. The Bertz CT molecular complexity index is 140. The molecule has 0 saturated heterocycles. The van der Waals surface area contributed by atoms with Crippen molar-refractivity contribution in [1.29, 1.82) is 0 Å². The fraction of sp³-hybridized carbons (Fsp3) is 1.00. The van der Waals surface area contributed by atoms with Crippen LogP contribution >= 0.6 is 7.60 Å². The van der Waals surface area contributed by atoms with Gasteiger partial charge in [-0.1, -0.05) is 6.42 Å². The lowest BCUT2D eigenvalue weighted by molar-refractivity contribution is 0.270. The van der Waals surface area contributed by atoms with Crippen LogP contribution in [0.3, 0.4) is 0 Å². The van der Waals surface area contributed by atoms with Gasteiger partial charge in [-0.2, -0.15) is 0 Å². The van der Waals surface area contributed by atoms with E-state index < -0.39 is 7.60 Å². The van der Waals surface area contributed by atoms with E-state index in [-0.39, 0.29) is 6.61 Å². The highest BCUT2D eigenvalue weighted by Gasteiger charge is 2.19. The predicted octanol–water partition coefficient (Wildman–Crippen LogP) is 1.63. The lowest BCUT2D eigenvalue weighted by Gasteiger charge is -2.12. The van der Waals surface area contributed by atoms with Crippen LogP contribution < -0.4 is 0 Å². The van der Waals surface area contributed by atoms with E-state index in [4.69, 9.17) is 14.2 Å². The fourth-order valence-corrected chi connectivity index (χ4v) is 1.98. The van der Waals surface area contributed by atoms with E-state index in [2.05, 4.69) is 0 Å². The SMILES string of the molecule is COP(=O)(CCCCCO)OC. The third-order valence-electron chi connectivity index (χ3n) is 1.65. The van der Waals surface area contributed by atoms with E-state index >= 15 is 0 Å². The zero-order chi connectivity index (χ0) is 9.45. The molecule has 0 aromatic heterocycles. The molecule has 0 aliphatic rings. The van der Waals surface area contributed by atoms with E-state index in [0.717, 1.165) is 19.3 Å². The van der Waals surface area contributed by atoms with Crippen molar-refractivity contribution in [2.24, 2.45) is 0 Å². The van der Waals surface area contributed by atoms with Crippen LogP contribution in [0.15, 0.2) is 0 Å². The van der Waals surface area contributed by atoms with Crippen LogP contribution in [0.5, 0.6) is 0 Å². The molecule has 0 radical (unpaired) electrons. The Labute approximate surface area is 73.4 Å². The van der Waals surface area contributed by atoms with Crippen LogP contribution in [0.25, 0.3) is 0 Å². The number of aliphatic hydroxyl groups excluding tert-OH is 1. The minimum absolute atomic E-state index is 0.185. The van der Waals surface area contributed by atoms with Crippen LogP contribution in [0, 0.1) is 0 Å². The number of unbranched alkanes of at least 4 members (excludes halogenated alkanes) is 2. The minimum atomic E-state index is -2.80. The topological polar surface area (TPSA) is 55.8 Å². The molecule has 0 heterocycles. The summed E-state index contributed by atoms with van der Waals surface area (Å²) in [4.78, 5) is 0. The molecule has 12 heavy (non-hydrogen) atoms. The lowest BCUT2D eigenvalue weighted by Crippen LogP contribution is -1.95. The zero-order valence-corrected chi connectivity index (χ0v) is 8.55. The maximum Gasteiger partial charge on any atom is 0.330 e. The van der Waals surface area contributed by atoms with E-state index in [9.17, 15) is 4.57 Å². The standard InChI is InChI=1S/C7H17O4P/c1-10-12(9,11-2)7-5-3-4-6-8/h8H,3-7H2,1-2H3. The molecule has 5 heteroatoms. The molecule has 0 saturated carbocycles. The molecule has 1 N–H and O–H groups in total. The van der Waals surface area contributed by atoms with Crippen molar-refractivity contribution in [2.45, 2.75) is 19.3 Å². The van der Waals surface area contributed by atoms with Gasteiger partial charge >= 0.3 is 7.60 Å². The van der Waals surface area contributed by atoms with Gasteiger partial charge in [-0.15, -0.1) is 0 Å². The summed E-state index contributed by atoms with van der Waals surface area (Å²) in [5.41, 5.74) is 0. The molecule has 4 nitrogen and oxygen atoms in total. The third-order valence-corrected chi connectivity index (χ3v) is 3.62. The largest absolute Gasteiger partial charge is 0.396 e. The van der Waals surface area contributed by atoms with E-state index in [1.165, 1.54) is 14.2 Å². The summed E-state index contributed by atoms with van der Waals surface area (Å²) in [6, 6.07) is 0. The summed E-state index contributed by atoms with van der Waals surface area (Å²) in [7, 11) is -0.0325. The first-order valence-electron chi connectivity index (χ1n) is 4.00. The molecule has 0 amide bonds. The number of aliphatic hydroxyl groups is 1. The van der Waals surface area contributed by atoms with Crippen molar-refractivity contribution in [3.8, 4) is 0 Å². The molecule has 0 aromatic rings. The first-order chi connectivity index (χ1) is 5.68. The van der Waals surface area contributed by atoms with Crippen molar-refractivity contribution >= 4 is 7.60 Å². The van der Waals surface area contributed by atoms with Gasteiger partial charge in [0.25, 0.3) is 0 Å². The highest BCUT2D eigenvalue weighted by atomic mass is 31.2. The summed E-state index contributed by atoms with van der Waals surface area (Å²) in [5.74, 6) is 0. The molecule has 0 unspecified atom stereocenters. The van der Waals surface area contributed by atoms with Gasteiger partial charge < -0.3 is 14.2 Å². The molecule has 0 aliphatic heterocycles. The normalized spacial score (nSPS) is 11.9. The van der Waals surface area contributed by atoms with Gasteiger partial charge in [0.15, 0.2) is 0 Å². The fourth-order valence-electron chi connectivity index (χ4n) is 0.851. The first kappa shape index (κ1) is 12.1. The highest BCUT2D eigenvalue weighted by Crippen LogP contribution is 2.46. The van der Waals surface area contributed by atoms with Gasteiger partial charge in [-0.05, 0) is 12.8 Å². The first-order valence-corrected chi connectivity index (χ1v) is 5.72. The van der Waals surface area contributed by atoms with E-state index in [0.29, 0.717) is 6.16 Å². The average molecular weight is 196 g/mol. The van der Waals surface area contributed by atoms with Crippen LogP contribution in [-0.2, 0) is 13.6 Å². The molecule has 0 atom stereocenters. The second-order valence-electron chi connectivity index (χ2n) is 2.48. The monoisotopic (exact) mass is 196 g/mol.